The zero-order chi connectivity index (χ0) is 25.9. The summed E-state index contributed by atoms with van der Waals surface area (Å²) in [6, 6.07) is 20.1. The third-order valence-corrected chi connectivity index (χ3v) is 6.87. The first-order valence-electron chi connectivity index (χ1n) is 12.3. The summed E-state index contributed by atoms with van der Waals surface area (Å²) < 4.78 is 14.5. The first-order chi connectivity index (χ1) is 17.5. The number of carbonyl (C=O) groups excluding carboxylic acids is 3. The fourth-order valence-corrected chi connectivity index (χ4v) is 4.91. The molecule has 0 saturated carbocycles. The normalized spacial score (nSPS) is 23.5. The van der Waals surface area contributed by atoms with E-state index >= 15 is 0 Å². The van der Waals surface area contributed by atoms with Crippen molar-refractivity contribution in [3.8, 4) is 0 Å². The molecule has 0 bridgehead atoms. The summed E-state index contributed by atoms with van der Waals surface area (Å²) in [5, 5.41) is 3.44. The van der Waals surface area contributed by atoms with Crippen molar-refractivity contribution in [3.05, 3.63) is 71.8 Å². The molecule has 8 nitrogen and oxygen atoms in total. The minimum Gasteiger partial charge on any atom is -0.469 e. The Balaban J connectivity index is 0.000000205. The fourth-order valence-electron chi connectivity index (χ4n) is 4.91. The van der Waals surface area contributed by atoms with Gasteiger partial charge in [0.15, 0.2) is 0 Å². The lowest BCUT2D eigenvalue weighted by atomic mass is 9.87. The molecule has 36 heavy (non-hydrogen) atoms. The van der Waals surface area contributed by atoms with E-state index in [-0.39, 0.29) is 42.0 Å². The van der Waals surface area contributed by atoms with Gasteiger partial charge >= 0.3 is 18.0 Å². The summed E-state index contributed by atoms with van der Waals surface area (Å²) in [4.78, 5) is 36.8. The lowest BCUT2D eigenvalue weighted by molar-refractivity contribution is -0.148. The number of rotatable bonds is 4. The molecule has 2 fully saturated rings. The second-order valence-corrected chi connectivity index (χ2v) is 9.00. The lowest BCUT2D eigenvalue weighted by Gasteiger charge is -2.37. The van der Waals surface area contributed by atoms with E-state index in [4.69, 9.17) is 14.2 Å². The number of esters is 2. The van der Waals surface area contributed by atoms with Crippen LogP contribution in [0.15, 0.2) is 60.7 Å². The van der Waals surface area contributed by atoms with Crippen LogP contribution < -0.4 is 5.32 Å². The Labute approximate surface area is 212 Å². The van der Waals surface area contributed by atoms with Gasteiger partial charge in [-0.1, -0.05) is 60.7 Å². The second kappa shape index (κ2) is 13.6. The maximum atomic E-state index is 11.9. The summed E-state index contributed by atoms with van der Waals surface area (Å²) in [6.07, 6.45) is 2.51. The molecule has 4 atom stereocenters. The molecule has 4 unspecified atom stereocenters. The third kappa shape index (κ3) is 7.07. The Hall–Kier alpha value is -3.39. The van der Waals surface area contributed by atoms with Crippen LogP contribution in [-0.2, 0) is 23.8 Å². The first-order valence-corrected chi connectivity index (χ1v) is 12.3. The number of likely N-dealkylation sites (tertiary alicyclic amines) is 1. The van der Waals surface area contributed by atoms with Crippen molar-refractivity contribution >= 4 is 18.0 Å². The number of ether oxygens (including phenoxy) is 3. The van der Waals surface area contributed by atoms with Crippen LogP contribution in [0.2, 0.25) is 0 Å². The third-order valence-electron chi connectivity index (χ3n) is 6.87. The number of hydrogen-bond donors (Lipinski definition) is 1. The number of carbonyl (C=O) groups is 3. The zero-order valence-electron chi connectivity index (χ0n) is 21.2. The average Bonchev–Trinajstić information content (AvgIpc) is 2.96. The smallest absolute Gasteiger partial charge is 0.409 e. The summed E-state index contributed by atoms with van der Waals surface area (Å²) in [7, 11) is 4.23. The van der Waals surface area contributed by atoms with E-state index in [9.17, 15) is 14.4 Å². The molecule has 1 amide bonds. The highest BCUT2D eigenvalue weighted by molar-refractivity contribution is 5.74. The SMILES string of the molecule is COC(=O)C1CCN(C(=O)OC)C(c2ccccc2)C1.COC(=O)C1CCNC(c2ccccc2)C1. The van der Waals surface area contributed by atoms with Gasteiger partial charge in [0.05, 0.1) is 39.2 Å². The molecule has 2 saturated heterocycles. The van der Waals surface area contributed by atoms with Gasteiger partial charge in [0.2, 0.25) is 0 Å². The summed E-state index contributed by atoms with van der Waals surface area (Å²) >= 11 is 0. The van der Waals surface area contributed by atoms with E-state index in [0.717, 1.165) is 24.9 Å². The summed E-state index contributed by atoms with van der Waals surface area (Å²) in [5.41, 5.74) is 2.25. The summed E-state index contributed by atoms with van der Waals surface area (Å²) in [5.74, 6) is -0.430. The quantitative estimate of drug-likeness (QED) is 0.499. The molecule has 2 heterocycles. The zero-order valence-corrected chi connectivity index (χ0v) is 21.2. The molecule has 2 aliphatic heterocycles. The maximum absolute atomic E-state index is 11.9. The van der Waals surface area contributed by atoms with E-state index < -0.39 is 0 Å². The molecular weight excluding hydrogens is 460 g/mol. The average molecular weight is 497 g/mol. The molecule has 2 aromatic carbocycles. The van der Waals surface area contributed by atoms with Gasteiger partial charge in [-0.05, 0) is 43.4 Å². The number of nitrogens with one attached hydrogen (secondary N) is 1. The van der Waals surface area contributed by atoms with Crippen molar-refractivity contribution in [2.45, 2.75) is 37.8 Å². The van der Waals surface area contributed by atoms with E-state index in [1.807, 2.05) is 48.5 Å². The molecule has 8 heteroatoms. The highest BCUT2D eigenvalue weighted by atomic mass is 16.5. The van der Waals surface area contributed by atoms with Gasteiger partial charge in [0.25, 0.3) is 0 Å². The molecule has 194 valence electrons. The van der Waals surface area contributed by atoms with E-state index in [2.05, 4.69) is 17.4 Å². The maximum Gasteiger partial charge on any atom is 0.409 e. The molecule has 4 rings (SSSR count). The van der Waals surface area contributed by atoms with Gasteiger partial charge in [0.1, 0.15) is 0 Å². The van der Waals surface area contributed by atoms with E-state index in [0.29, 0.717) is 19.4 Å². The van der Waals surface area contributed by atoms with Crippen LogP contribution in [0.25, 0.3) is 0 Å². The minimum absolute atomic E-state index is 0.0384. The Bertz CT molecular complexity index is 984. The minimum atomic E-state index is -0.359. The summed E-state index contributed by atoms with van der Waals surface area (Å²) in [6.45, 7) is 1.37. The number of piperidine rings is 2. The van der Waals surface area contributed by atoms with Crippen molar-refractivity contribution in [2.75, 3.05) is 34.4 Å². The van der Waals surface area contributed by atoms with Crippen molar-refractivity contribution in [1.29, 1.82) is 0 Å². The molecule has 2 aromatic rings. The van der Waals surface area contributed by atoms with Gasteiger partial charge in [-0.2, -0.15) is 0 Å². The van der Waals surface area contributed by atoms with Crippen LogP contribution in [0.4, 0.5) is 4.79 Å². The standard InChI is InChI=1S/C15H19NO4.C13H17NO2/c1-19-14(17)12-8-9-16(15(18)20-2)13(10-12)11-6-4-3-5-7-11;1-16-13(15)11-7-8-14-12(9-11)10-5-3-2-4-6-10/h3-7,12-13H,8-10H2,1-2H3;2-6,11-12,14H,7-9H2,1H3. The lowest BCUT2D eigenvalue weighted by Crippen LogP contribution is -2.42. The molecule has 0 aliphatic carbocycles. The Kier molecular flexibility index (Phi) is 10.3. The van der Waals surface area contributed by atoms with Gasteiger partial charge in [-0.25, -0.2) is 4.79 Å². The fraction of sp³-hybridized carbons (Fsp3) is 0.464. The largest absolute Gasteiger partial charge is 0.469 e. The molecule has 0 aromatic heterocycles. The van der Waals surface area contributed by atoms with Gasteiger partial charge in [0, 0.05) is 12.6 Å². The number of amides is 1. The number of methoxy groups -OCH3 is 3. The van der Waals surface area contributed by atoms with E-state index in [1.54, 1.807) is 4.90 Å². The Morgan fingerprint density at radius 1 is 0.750 bits per heavy atom. The highest BCUT2D eigenvalue weighted by Crippen LogP contribution is 2.35. The van der Waals surface area contributed by atoms with Gasteiger partial charge in [-0.15, -0.1) is 0 Å². The molecular formula is C28H36N2O6. The Morgan fingerprint density at radius 2 is 1.31 bits per heavy atom. The second-order valence-electron chi connectivity index (χ2n) is 9.00. The van der Waals surface area contributed by atoms with Crippen LogP contribution in [0, 0.1) is 11.8 Å². The van der Waals surface area contributed by atoms with Crippen LogP contribution in [-0.4, -0.2) is 57.4 Å². The van der Waals surface area contributed by atoms with Crippen molar-refractivity contribution in [1.82, 2.24) is 10.2 Å². The van der Waals surface area contributed by atoms with Crippen molar-refractivity contribution in [2.24, 2.45) is 11.8 Å². The Morgan fingerprint density at radius 3 is 1.86 bits per heavy atom. The van der Waals surface area contributed by atoms with Crippen molar-refractivity contribution < 1.29 is 28.6 Å². The van der Waals surface area contributed by atoms with Gasteiger partial charge in [-0.3, -0.25) is 9.59 Å². The molecule has 1 N–H and O–H groups in total. The predicted octanol–water partition coefficient (Wildman–Crippen LogP) is 4.28. The highest BCUT2D eigenvalue weighted by Gasteiger charge is 2.36. The molecule has 0 radical (unpaired) electrons. The van der Waals surface area contributed by atoms with Crippen LogP contribution in [0.5, 0.6) is 0 Å². The van der Waals surface area contributed by atoms with E-state index in [1.165, 1.54) is 26.9 Å². The first kappa shape index (κ1) is 27.2. The van der Waals surface area contributed by atoms with Gasteiger partial charge < -0.3 is 24.4 Å². The predicted molar refractivity (Wildman–Crippen MR) is 135 cm³/mol. The number of hydrogen-bond acceptors (Lipinski definition) is 7. The van der Waals surface area contributed by atoms with Crippen molar-refractivity contribution in [3.63, 3.8) is 0 Å². The molecule has 0 spiro atoms. The number of benzene rings is 2. The topological polar surface area (TPSA) is 94.2 Å². The van der Waals surface area contributed by atoms with Crippen LogP contribution in [0.3, 0.4) is 0 Å². The van der Waals surface area contributed by atoms with Crippen LogP contribution in [0.1, 0.15) is 48.9 Å². The van der Waals surface area contributed by atoms with Crippen LogP contribution >= 0.6 is 0 Å². The number of nitrogens with zero attached hydrogens (tertiary/aromatic N) is 1. The molecule has 2 aliphatic rings. The monoisotopic (exact) mass is 496 g/mol.